The maximum atomic E-state index is 13.6. The van der Waals surface area contributed by atoms with E-state index in [1.807, 2.05) is 6.07 Å². The Morgan fingerprint density at radius 3 is 2.71 bits per heavy atom. The minimum atomic E-state index is -0.414. The summed E-state index contributed by atoms with van der Waals surface area (Å²) in [6.45, 7) is 0. The molecule has 1 heterocycles. The highest BCUT2D eigenvalue weighted by molar-refractivity contribution is 5.34. The van der Waals surface area contributed by atoms with Gasteiger partial charge >= 0.3 is 0 Å². The van der Waals surface area contributed by atoms with Crippen molar-refractivity contribution in [1.82, 2.24) is 9.78 Å². The van der Waals surface area contributed by atoms with Crippen LogP contribution in [-0.2, 0) is 7.05 Å². The molecule has 90 valence electrons. The minimum absolute atomic E-state index is 0.214. The van der Waals surface area contributed by atoms with E-state index in [4.69, 9.17) is 10.5 Å². The molecule has 0 spiro atoms. The molecule has 0 bridgehead atoms. The van der Waals surface area contributed by atoms with Crippen LogP contribution in [0.15, 0.2) is 30.5 Å². The summed E-state index contributed by atoms with van der Waals surface area (Å²) in [5, 5.41) is 4.04. The molecular formula is C12H14FN3O. The van der Waals surface area contributed by atoms with E-state index in [0.29, 0.717) is 5.56 Å². The Morgan fingerprint density at radius 1 is 1.41 bits per heavy atom. The molecule has 0 aliphatic carbocycles. The molecular weight excluding hydrogens is 221 g/mol. The van der Waals surface area contributed by atoms with Gasteiger partial charge in [0, 0.05) is 13.2 Å². The van der Waals surface area contributed by atoms with Gasteiger partial charge in [0.25, 0.3) is 0 Å². The van der Waals surface area contributed by atoms with Crippen molar-refractivity contribution in [2.24, 2.45) is 12.8 Å². The molecule has 1 aromatic carbocycles. The van der Waals surface area contributed by atoms with Gasteiger partial charge < -0.3 is 10.5 Å². The van der Waals surface area contributed by atoms with Gasteiger partial charge in [-0.3, -0.25) is 4.68 Å². The van der Waals surface area contributed by atoms with Crippen molar-refractivity contribution >= 4 is 0 Å². The number of aromatic nitrogens is 2. The Labute approximate surface area is 98.8 Å². The van der Waals surface area contributed by atoms with Crippen LogP contribution in [0, 0.1) is 5.82 Å². The second-order valence-corrected chi connectivity index (χ2v) is 3.75. The topological polar surface area (TPSA) is 53.1 Å². The molecule has 2 N–H and O–H groups in total. The van der Waals surface area contributed by atoms with E-state index in [1.54, 1.807) is 30.1 Å². The molecule has 2 rings (SSSR count). The van der Waals surface area contributed by atoms with Gasteiger partial charge in [0.1, 0.15) is 0 Å². The molecule has 0 radical (unpaired) electrons. The number of ether oxygens (including phenoxy) is 1. The summed E-state index contributed by atoms with van der Waals surface area (Å²) in [7, 11) is 3.23. The Balaban J connectivity index is 2.35. The summed E-state index contributed by atoms with van der Waals surface area (Å²) >= 11 is 0. The third kappa shape index (κ3) is 2.14. The number of nitrogens with zero attached hydrogens (tertiary/aromatic N) is 2. The van der Waals surface area contributed by atoms with Crippen LogP contribution >= 0.6 is 0 Å². The molecule has 0 amide bonds. The molecule has 0 aliphatic heterocycles. The number of methoxy groups -OCH3 is 1. The summed E-state index contributed by atoms with van der Waals surface area (Å²) in [6.07, 6.45) is 1.66. The molecule has 0 saturated heterocycles. The fourth-order valence-electron chi connectivity index (χ4n) is 1.74. The number of hydrogen-bond donors (Lipinski definition) is 1. The predicted octanol–water partition coefficient (Wildman–Crippen LogP) is 1.62. The zero-order valence-corrected chi connectivity index (χ0v) is 9.72. The molecule has 0 aliphatic rings. The van der Waals surface area contributed by atoms with E-state index in [9.17, 15) is 4.39 Å². The highest BCUT2D eigenvalue weighted by Crippen LogP contribution is 2.24. The number of benzene rings is 1. The van der Waals surface area contributed by atoms with Crippen molar-refractivity contribution in [3.63, 3.8) is 0 Å². The van der Waals surface area contributed by atoms with Crippen LogP contribution in [0.3, 0.4) is 0 Å². The maximum absolute atomic E-state index is 13.6. The zero-order chi connectivity index (χ0) is 12.4. The van der Waals surface area contributed by atoms with E-state index in [-0.39, 0.29) is 5.75 Å². The van der Waals surface area contributed by atoms with Crippen LogP contribution in [0.1, 0.15) is 17.3 Å². The van der Waals surface area contributed by atoms with Crippen LogP contribution in [0.5, 0.6) is 5.75 Å². The Hall–Kier alpha value is -1.88. The molecule has 0 saturated carbocycles. The van der Waals surface area contributed by atoms with Crippen molar-refractivity contribution < 1.29 is 9.13 Å². The second kappa shape index (κ2) is 4.55. The van der Waals surface area contributed by atoms with Gasteiger partial charge in [-0.2, -0.15) is 5.10 Å². The number of aryl methyl sites for hydroxylation is 1. The fourth-order valence-corrected chi connectivity index (χ4v) is 1.74. The predicted molar refractivity (Wildman–Crippen MR) is 62.2 cm³/mol. The van der Waals surface area contributed by atoms with E-state index in [2.05, 4.69) is 5.10 Å². The highest BCUT2D eigenvalue weighted by atomic mass is 19.1. The van der Waals surface area contributed by atoms with Crippen LogP contribution in [-0.4, -0.2) is 16.9 Å². The lowest BCUT2D eigenvalue weighted by atomic mass is 10.0. The largest absolute Gasteiger partial charge is 0.494 e. The van der Waals surface area contributed by atoms with Crippen LogP contribution < -0.4 is 10.5 Å². The first kappa shape index (κ1) is 11.6. The van der Waals surface area contributed by atoms with Crippen molar-refractivity contribution in [2.45, 2.75) is 6.04 Å². The smallest absolute Gasteiger partial charge is 0.165 e. The quantitative estimate of drug-likeness (QED) is 0.879. The Bertz CT molecular complexity index is 524. The van der Waals surface area contributed by atoms with E-state index < -0.39 is 11.9 Å². The van der Waals surface area contributed by atoms with E-state index in [1.165, 1.54) is 13.2 Å². The summed E-state index contributed by atoms with van der Waals surface area (Å²) in [4.78, 5) is 0. The summed E-state index contributed by atoms with van der Waals surface area (Å²) in [5.41, 5.74) is 7.57. The number of rotatable bonds is 3. The Kier molecular flexibility index (Phi) is 3.10. The third-order valence-corrected chi connectivity index (χ3v) is 2.71. The van der Waals surface area contributed by atoms with Crippen LogP contribution in [0.4, 0.5) is 4.39 Å². The number of nitrogens with two attached hydrogens (primary N) is 1. The van der Waals surface area contributed by atoms with Crippen molar-refractivity contribution in [1.29, 1.82) is 0 Å². The lowest BCUT2D eigenvalue weighted by Crippen LogP contribution is -2.16. The maximum Gasteiger partial charge on any atom is 0.165 e. The number of halogens is 1. The Morgan fingerprint density at radius 2 is 2.18 bits per heavy atom. The zero-order valence-electron chi connectivity index (χ0n) is 9.72. The third-order valence-electron chi connectivity index (χ3n) is 2.71. The fraction of sp³-hybridized carbons (Fsp3) is 0.250. The summed E-state index contributed by atoms with van der Waals surface area (Å²) < 4.78 is 20.1. The van der Waals surface area contributed by atoms with Gasteiger partial charge in [-0.15, -0.1) is 0 Å². The standard InChI is InChI=1S/C12H14FN3O/c1-16-10(5-6-15-16)12(14)8-3-4-11(17-2)9(13)7-8/h3-7,12H,14H2,1-2H3/t12-/m0/s1. The van der Waals surface area contributed by atoms with Crippen LogP contribution in [0.25, 0.3) is 0 Å². The first-order valence-corrected chi connectivity index (χ1v) is 5.20. The molecule has 1 aromatic heterocycles. The highest BCUT2D eigenvalue weighted by Gasteiger charge is 2.14. The van der Waals surface area contributed by atoms with Gasteiger partial charge in [-0.1, -0.05) is 6.07 Å². The van der Waals surface area contributed by atoms with Gasteiger partial charge in [0.15, 0.2) is 11.6 Å². The molecule has 17 heavy (non-hydrogen) atoms. The lowest BCUT2D eigenvalue weighted by molar-refractivity contribution is 0.386. The van der Waals surface area contributed by atoms with Gasteiger partial charge in [0.05, 0.1) is 18.8 Å². The SMILES string of the molecule is COc1ccc([C@H](N)c2ccnn2C)cc1F. The summed E-state index contributed by atoms with van der Waals surface area (Å²) in [5.74, 6) is -0.200. The van der Waals surface area contributed by atoms with E-state index >= 15 is 0 Å². The summed E-state index contributed by atoms with van der Waals surface area (Å²) in [6, 6.07) is 6.12. The van der Waals surface area contributed by atoms with Crippen molar-refractivity contribution in [3.8, 4) is 5.75 Å². The lowest BCUT2D eigenvalue weighted by Gasteiger charge is -2.13. The van der Waals surface area contributed by atoms with Gasteiger partial charge in [0.2, 0.25) is 0 Å². The molecule has 5 heteroatoms. The monoisotopic (exact) mass is 235 g/mol. The first-order valence-electron chi connectivity index (χ1n) is 5.20. The van der Waals surface area contributed by atoms with Crippen molar-refractivity contribution in [2.75, 3.05) is 7.11 Å². The number of hydrogen-bond acceptors (Lipinski definition) is 3. The van der Waals surface area contributed by atoms with Gasteiger partial charge in [-0.05, 0) is 23.8 Å². The van der Waals surface area contributed by atoms with Gasteiger partial charge in [-0.25, -0.2) is 4.39 Å². The molecule has 4 nitrogen and oxygen atoms in total. The average Bonchev–Trinajstić information content (AvgIpc) is 2.74. The average molecular weight is 235 g/mol. The van der Waals surface area contributed by atoms with Crippen LogP contribution in [0.2, 0.25) is 0 Å². The van der Waals surface area contributed by atoms with E-state index in [0.717, 1.165) is 5.69 Å². The first-order chi connectivity index (χ1) is 8.13. The molecule has 2 aromatic rings. The molecule has 0 fully saturated rings. The minimum Gasteiger partial charge on any atom is -0.494 e. The normalized spacial score (nSPS) is 12.5. The van der Waals surface area contributed by atoms with Crippen molar-refractivity contribution in [3.05, 3.63) is 47.5 Å². The molecule has 1 atom stereocenters. The second-order valence-electron chi connectivity index (χ2n) is 3.75. The molecule has 0 unspecified atom stereocenters.